The van der Waals surface area contributed by atoms with Gasteiger partial charge in [-0.25, -0.2) is 0 Å². The summed E-state index contributed by atoms with van der Waals surface area (Å²) in [6, 6.07) is 0. The molecule has 7 heavy (non-hydrogen) atoms. The second kappa shape index (κ2) is 2.45. The molecule has 1 aliphatic heterocycles. The Bertz CT molecular complexity index is 108. The zero-order valence-electron chi connectivity index (χ0n) is 3.68. The van der Waals surface area contributed by atoms with Crippen molar-refractivity contribution in [2.45, 2.75) is 0 Å². The Balaban J connectivity index is 2.51. The average molecular weight is 131 g/mol. The van der Waals surface area contributed by atoms with Crippen LogP contribution in [0, 0.1) is 0 Å². The lowest BCUT2D eigenvalue weighted by Gasteiger charge is -2.02. The molecular weight excluding hydrogens is 126 g/mol. The Morgan fingerprint density at radius 1 is 1.86 bits per heavy atom. The summed E-state index contributed by atoms with van der Waals surface area (Å²) in [5, 5.41) is 1.95. The van der Waals surface area contributed by atoms with E-state index in [4.69, 9.17) is 12.2 Å². The number of thiocarbonyl (C=S) groups is 1. The van der Waals surface area contributed by atoms with Gasteiger partial charge in [-0.05, 0) is 11.5 Å². The maximum atomic E-state index is 4.84. The fraction of sp³-hybridized carbons (Fsp3) is 0.250. The van der Waals surface area contributed by atoms with Gasteiger partial charge in [0.1, 0.15) is 0 Å². The minimum atomic E-state index is 0.844. The molecule has 38 valence electrons. The second-order valence-corrected chi connectivity index (χ2v) is 2.53. The van der Waals surface area contributed by atoms with E-state index < -0.39 is 0 Å². The summed E-state index contributed by atoms with van der Waals surface area (Å²) >= 11 is 6.42. The molecule has 0 saturated heterocycles. The summed E-state index contributed by atoms with van der Waals surface area (Å²) < 4.78 is 3.02. The number of nitrogens with one attached hydrogen (secondary N) is 1. The van der Waals surface area contributed by atoms with Gasteiger partial charge >= 0.3 is 0 Å². The summed E-state index contributed by atoms with van der Waals surface area (Å²) in [6.45, 7) is 0.844. The standard InChI is InChI=1S/C4H5NS2/c6-4-1-2-7-5-3-4/h1-2,5H,3H2. The van der Waals surface area contributed by atoms with E-state index in [2.05, 4.69) is 4.72 Å². The Morgan fingerprint density at radius 3 is 3.00 bits per heavy atom. The lowest BCUT2D eigenvalue weighted by atomic mass is 10.4. The SMILES string of the molecule is S=C1C=CSNC1. The topological polar surface area (TPSA) is 12.0 Å². The van der Waals surface area contributed by atoms with E-state index in [1.165, 1.54) is 0 Å². The molecule has 0 fully saturated rings. The highest BCUT2D eigenvalue weighted by Crippen LogP contribution is 2.00. The third-order valence-corrected chi connectivity index (χ3v) is 1.52. The van der Waals surface area contributed by atoms with Crippen LogP contribution in [0.3, 0.4) is 0 Å². The van der Waals surface area contributed by atoms with Crippen molar-refractivity contribution in [1.82, 2.24) is 4.72 Å². The van der Waals surface area contributed by atoms with Gasteiger partial charge < -0.3 is 0 Å². The molecule has 1 rings (SSSR count). The lowest BCUT2D eigenvalue weighted by Crippen LogP contribution is -2.14. The first kappa shape index (κ1) is 5.28. The van der Waals surface area contributed by atoms with Crippen LogP contribution < -0.4 is 4.72 Å². The van der Waals surface area contributed by atoms with E-state index in [0.29, 0.717) is 0 Å². The molecule has 1 nitrogen and oxygen atoms in total. The molecule has 0 aromatic carbocycles. The molecule has 0 saturated carbocycles. The number of hydrogen-bond donors (Lipinski definition) is 1. The molecule has 1 N–H and O–H groups in total. The van der Waals surface area contributed by atoms with E-state index in [-0.39, 0.29) is 0 Å². The molecule has 0 bridgehead atoms. The molecule has 0 unspecified atom stereocenters. The Labute approximate surface area is 52.3 Å². The van der Waals surface area contributed by atoms with Crippen molar-refractivity contribution < 1.29 is 0 Å². The normalized spacial score (nSPS) is 20.3. The maximum absolute atomic E-state index is 4.84. The van der Waals surface area contributed by atoms with Crippen molar-refractivity contribution >= 4 is 29.0 Å². The summed E-state index contributed by atoms with van der Waals surface area (Å²) in [5.74, 6) is 0. The van der Waals surface area contributed by atoms with Crippen molar-refractivity contribution in [2.75, 3.05) is 6.54 Å². The second-order valence-electron chi connectivity index (χ2n) is 1.21. The summed E-state index contributed by atoms with van der Waals surface area (Å²) in [6.07, 6.45) is 1.94. The summed E-state index contributed by atoms with van der Waals surface area (Å²) in [5.41, 5.74) is 0. The molecule has 0 aromatic heterocycles. The molecule has 0 amide bonds. The molecule has 3 heteroatoms. The lowest BCUT2D eigenvalue weighted by molar-refractivity contribution is 1.19. The van der Waals surface area contributed by atoms with Crippen LogP contribution in [-0.2, 0) is 0 Å². The average Bonchev–Trinajstić information content (AvgIpc) is 1.69. The van der Waals surface area contributed by atoms with Gasteiger partial charge in [-0.15, -0.1) is 0 Å². The van der Waals surface area contributed by atoms with Gasteiger partial charge in [0, 0.05) is 11.4 Å². The van der Waals surface area contributed by atoms with Crippen molar-refractivity contribution in [2.24, 2.45) is 0 Å². The van der Waals surface area contributed by atoms with Crippen LogP contribution in [0.1, 0.15) is 0 Å². The quantitative estimate of drug-likeness (QED) is 0.391. The Morgan fingerprint density at radius 2 is 2.71 bits per heavy atom. The van der Waals surface area contributed by atoms with Crippen LogP contribution in [-0.4, -0.2) is 11.4 Å². The minimum absolute atomic E-state index is 0.844. The van der Waals surface area contributed by atoms with Gasteiger partial charge in [-0.3, -0.25) is 4.72 Å². The molecule has 0 aliphatic carbocycles. The fourth-order valence-corrected chi connectivity index (χ4v) is 1.21. The van der Waals surface area contributed by atoms with Crippen LogP contribution in [0.2, 0.25) is 0 Å². The first-order valence-corrected chi connectivity index (χ1v) is 3.26. The largest absolute Gasteiger partial charge is 0.255 e. The van der Waals surface area contributed by atoms with Gasteiger partial charge in [-0.2, -0.15) is 0 Å². The van der Waals surface area contributed by atoms with Gasteiger partial charge in [0.25, 0.3) is 0 Å². The van der Waals surface area contributed by atoms with Crippen LogP contribution in [0.15, 0.2) is 11.5 Å². The molecule has 0 radical (unpaired) electrons. The predicted molar refractivity (Wildman–Crippen MR) is 37.3 cm³/mol. The molecule has 0 spiro atoms. The molecule has 0 atom stereocenters. The van der Waals surface area contributed by atoms with Gasteiger partial charge in [0.15, 0.2) is 0 Å². The molecule has 1 aliphatic rings. The third kappa shape index (κ3) is 1.59. The highest BCUT2D eigenvalue weighted by molar-refractivity contribution is 8.00. The monoisotopic (exact) mass is 131 g/mol. The molecule has 1 heterocycles. The van der Waals surface area contributed by atoms with E-state index in [1.54, 1.807) is 11.9 Å². The minimum Gasteiger partial charge on any atom is -0.255 e. The van der Waals surface area contributed by atoms with E-state index in [9.17, 15) is 0 Å². The van der Waals surface area contributed by atoms with E-state index in [0.717, 1.165) is 11.4 Å². The molecular formula is C4H5NS2. The van der Waals surface area contributed by atoms with Crippen LogP contribution in [0.4, 0.5) is 0 Å². The first-order chi connectivity index (χ1) is 3.39. The summed E-state index contributed by atoms with van der Waals surface area (Å²) in [4.78, 5) is 0.985. The first-order valence-electron chi connectivity index (χ1n) is 1.97. The van der Waals surface area contributed by atoms with Crippen LogP contribution in [0.25, 0.3) is 0 Å². The molecule has 0 aromatic rings. The van der Waals surface area contributed by atoms with Crippen molar-refractivity contribution in [3.8, 4) is 0 Å². The van der Waals surface area contributed by atoms with E-state index in [1.807, 2.05) is 11.5 Å². The van der Waals surface area contributed by atoms with Crippen molar-refractivity contribution in [1.29, 1.82) is 0 Å². The van der Waals surface area contributed by atoms with Crippen LogP contribution in [0.5, 0.6) is 0 Å². The van der Waals surface area contributed by atoms with E-state index >= 15 is 0 Å². The van der Waals surface area contributed by atoms with Gasteiger partial charge in [0.05, 0.1) is 0 Å². The maximum Gasteiger partial charge on any atom is 0.0415 e. The Hall–Kier alpha value is 0.140. The highest BCUT2D eigenvalue weighted by atomic mass is 32.2. The zero-order valence-corrected chi connectivity index (χ0v) is 5.31. The number of rotatable bonds is 0. The Kier molecular flexibility index (Phi) is 1.85. The summed E-state index contributed by atoms with van der Waals surface area (Å²) in [7, 11) is 0. The third-order valence-electron chi connectivity index (χ3n) is 0.652. The van der Waals surface area contributed by atoms with Gasteiger partial charge in [0.2, 0.25) is 0 Å². The highest BCUT2D eigenvalue weighted by Gasteiger charge is 1.93. The van der Waals surface area contributed by atoms with Gasteiger partial charge in [-0.1, -0.05) is 24.2 Å². The zero-order chi connectivity index (χ0) is 5.11. The smallest absolute Gasteiger partial charge is 0.0415 e. The predicted octanol–water partition coefficient (Wildman–Crippen LogP) is 1.12. The fourth-order valence-electron chi connectivity index (χ4n) is 0.330. The number of hydrogen-bond acceptors (Lipinski definition) is 3. The van der Waals surface area contributed by atoms with Crippen molar-refractivity contribution in [3.05, 3.63) is 11.5 Å². The van der Waals surface area contributed by atoms with Crippen LogP contribution >= 0.6 is 24.2 Å². The van der Waals surface area contributed by atoms with Crippen molar-refractivity contribution in [3.63, 3.8) is 0 Å².